The fourth-order valence-electron chi connectivity index (χ4n) is 2.09. The number of hydrogen-bond acceptors (Lipinski definition) is 1. The summed E-state index contributed by atoms with van der Waals surface area (Å²) >= 11 is 0. The molecule has 1 N–H and O–H groups in total. The molecule has 0 unspecified atom stereocenters. The zero-order valence-corrected chi connectivity index (χ0v) is 8.47. The lowest BCUT2D eigenvalue weighted by Crippen LogP contribution is -2.35. The molecule has 0 saturated heterocycles. The van der Waals surface area contributed by atoms with Crippen molar-refractivity contribution in [1.29, 1.82) is 0 Å². The van der Waals surface area contributed by atoms with E-state index in [0.29, 0.717) is 5.92 Å². The lowest BCUT2D eigenvalue weighted by molar-refractivity contribution is -0.0278. The maximum atomic E-state index is 10.3. The minimum Gasteiger partial charge on any atom is -0.390 e. The van der Waals surface area contributed by atoms with Crippen molar-refractivity contribution in [3.8, 4) is 0 Å². The molecule has 0 atom stereocenters. The van der Waals surface area contributed by atoms with Gasteiger partial charge in [0.2, 0.25) is 0 Å². The van der Waals surface area contributed by atoms with Gasteiger partial charge in [-0.05, 0) is 18.8 Å². The standard InChI is InChI=1S/C11H22O/c1-10(2)11(12)8-6-4-3-5-7-9-11/h10,12H,3-9H2,1-2H3. The van der Waals surface area contributed by atoms with E-state index in [0.717, 1.165) is 12.8 Å². The fraction of sp³-hybridized carbons (Fsp3) is 1.00. The highest BCUT2D eigenvalue weighted by atomic mass is 16.3. The van der Waals surface area contributed by atoms with Gasteiger partial charge in [0.25, 0.3) is 0 Å². The molecule has 0 aromatic carbocycles. The Kier molecular flexibility index (Phi) is 3.57. The summed E-state index contributed by atoms with van der Waals surface area (Å²) in [6.45, 7) is 4.28. The van der Waals surface area contributed by atoms with Crippen LogP contribution in [0.15, 0.2) is 0 Å². The second kappa shape index (κ2) is 4.27. The summed E-state index contributed by atoms with van der Waals surface area (Å²) in [5.74, 6) is 0.426. The first-order valence-electron chi connectivity index (χ1n) is 5.37. The van der Waals surface area contributed by atoms with Crippen molar-refractivity contribution in [3.63, 3.8) is 0 Å². The van der Waals surface area contributed by atoms with Crippen molar-refractivity contribution in [2.75, 3.05) is 0 Å². The van der Waals surface area contributed by atoms with Crippen LogP contribution >= 0.6 is 0 Å². The van der Waals surface area contributed by atoms with Gasteiger partial charge in [-0.25, -0.2) is 0 Å². The summed E-state index contributed by atoms with van der Waals surface area (Å²) < 4.78 is 0. The second-order valence-corrected chi connectivity index (χ2v) is 4.53. The molecule has 0 bridgehead atoms. The number of hydrogen-bond donors (Lipinski definition) is 1. The molecular formula is C11H22O. The second-order valence-electron chi connectivity index (χ2n) is 4.53. The average Bonchev–Trinajstić information content (AvgIpc) is 1.97. The van der Waals surface area contributed by atoms with E-state index < -0.39 is 0 Å². The molecule has 1 rings (SSSR count). The third kappa shape index (κ3) is 2.48. The van der Waals surface area contributed by atoms with Gasteiger partial charge in [0.05, 0.1) is 5.60 Å². The van der Waals surface area contributed by atoms with Crippen molar-refractivity contribution in [2.24, 2.45) is 5.92 Å². The molecule has 0 aliphatic heterocycles. The molecular weight excluding hydrogens is 148 g/mol. The molecule has 0 spiro atoms. The van der Waals surface area contributed by atoms with Gasteiger partial charge in [-0.3, -0.25) is 0 Å². The van der Waals surface area contributed by atoms with Crippen molar-refractivity contribution in [1.82, 2.24) is 0 Å². The molecule has 0 radical (unpaired) electrons. The quantitative estimate of drug-likeness (QED) is 0.641. The molecule has 1 aliphatic carbocycles. The Bertz CT molecular complexity index is 121. The zero-order chi connectivity index (χ0) is 9.03. The normalized spacial score (nSPS) is 25.0. The minimum atomic E-state index is -0.347. The highest BCUT2D eigenvalue weighted by Gasteiger charge is 2.30. The molecule has 1 saturated carbocycles. The van der Waals surface area contributed by atoms with Gasteiger partial charge in [0.15, 0.2) is 0 Å². The first-order chi connectivity index (χ1) is 5.65. The Morgan fingerprint density at radius 2 is 1.33 bits per heavy atom. The van der Waals surface area contributed by atoms with E-state index in [2.05, 4.69) is 13.8 Å². The summed E-state index contributed by atoms with van der Waals surface area (Å²) in [4.78, 5) is 0. The molecule has 0 amide bonds. The van der Waals surface area contributed by atoms with Crippen LogP contribution in [0.4, 0.5) is 0 Å². The molecule has 72 valence electrons. The van der Waals surface area contributed by atoms with E-state index in [9.17, 15) is 5.11 Å². The maximum absolute atomic E-state index is 10.3. The van der Waals surface area contributed by atoms with E-state index in [-0.39, 0.29) is 5.60 Å². The molecule has 1 nitrogen and oxygen atoms in total. The highest BCUT2D eigenvalue weighted by molar-refractivity contribution is 4.82. The SMILES string of the molecule is CC(C)C1(O)CCCCCCC1. The molecule has 0 aromatic heterocycles. The molecule has 1 fully saturated rings. The molecule has 12 heavy (non-hydrogen) atoms. The van der Waals surface area contributed by atoms with Gasteiger partial charge >= 0.3 is 0 Å². The van der Waals surface area contributed by atoms with E-state index in [1.807, 2.05) is 0 Å². The Morgan fingerprint density at radius 1 is 0.917 bits per heavy atom. The third-order valence-electron chi connectivity index (χ3n) is 3.29. The van der Waals surface area contributed by atoms with Crippen LogP contribution in [0.2, 0.25) is 0 Å². The van der Waals surface area contributed by atoms with Gasteiger partial charge in [-0.2, -0.15) is 0 Å². The van der Waals surface area contributed by atoms with Gasteiger partial charge in [-0.1, -0.05) is 46.0 Å². The first-order valence-corrected chi connectivity index (χ1v) is 5.37. The lowest BCUT2D eigenvalue weighted by atomic mass is 9.79. The Labute approximate surface area is 76.2 Å². The maximum Gasteiger partial charge on any atom is 0.0670 e. The summed E-state index contributed by atoms with van der Waals surface area (Å²) in [6, 6.07) is 0. The van der Waals surface area contributed by atoms with Crippen molar-refractivity contribution in [2.45, 2.75) is 64.4 Å². The monoisotopic (exact) mass is 170 g/mol. The largest absolute Gasteiger partial charge is 0.390 e. The summed E-state index contributed by atoms with van der Waals surface area (Å²) in [7, 11) is 0. The number of aliphatic hydroxyl groups is 1. The third-order valence-corrected chi connectivity index (χ3v) is 3.29. The molecule has 0 heterocycles. The van der Waals surface area contributed by atoms with Gasteiger partial charge < -0.3 is 5.11 Å². The van der Waals surface area contributed by atoms with Crippen LogP contribution in [0.1, 0.15) is 58.8 Å². The van der Waals surface area contributed by atoms with E-state index >= 15 is 0 Å². The van der Waals surface area contributed by atoms with E-state index in [1.54, 1.807) is 0 Å². The topological polar surface area (TPSA) is 20.2 Å². The fourth-order valence-corrected chi connectivity index (χ4v) is 2.09. The van der Waals surface area contributed by atoms with Crippen LogP contribution in [0.5, 0.6) is 0 Å². The van der Waals surface area contributed by atoms with Crippen molar-refractivity contribution >= 4 is 0 Å². The predicted molar refractivity (Wildman–Crippen MR) is 52.1 cm³/mol. The van der Waals surface area contributed by atoms with E-state index in [4.69, 9.17) is 0 Å². The van der Waals surface area contributed by atoms with Crippen LogP contribution in [0.25, 0.3) is 0 Å². The van der Waals surface area contributed by atoms with Crippen LogP contribution in [-0.2, 0) is 0 Å². The minimum absolute atomic E-state index is 0.347. The van der Waals surface area contributed by atoms with Crippen molar-refractivity contribution in [3.05, 3.63) is 0 Å². The molecule has 0 aromatic rings. The lowest BCUT2D eigenvalue weighted by Gasteiger charge is -2.33. The van der Waals surface area contributed by atoms with Gasteiger partial charge in [0, 0.05) is 0 Å². The Balaban J connectivity index is 2.48. The smallest absolute Gasteiger partial charge is 0.0670 e. The summed E-state index contributed by atoms with van der Waals surface area (Å²) in [6.07, 6.45) is 8.47. The Morgan fingerprint density at radius 3 is 1.75 bits per heavy atom. The van der Waals surface area contributed by atoms with Crippen LogP contribution < -0.4 is 0 Å². The average molecular weight is 170 g/mol. The molecule has 1 aliphatic rings. The van der Waals surface area contributed by atoms with Crippen molar-refractivity contribution < 1.29 is 5.11 Å². The Hall–Kier alpha value is -0.0400. The summed E-state index contributed by atoms with van der Waals surface area (Å²) in [5, 5.41) is 10.3. The van der Waals surface area contributed by atoms with Gasteiger partial charge in [-0.15, -0.1) is 0 Å². The van der Waals surface area contributed by atoms with Gasteiger partial charge in [0.1, 0.15) is 0 Å². The number of rotatable bonds is 1. The van der Waals surface area contributed by atoms with E-state index in [1.165, 1.54) is 32.1 Å². The van der Waals surface area contributed by atoms with Crippen LogP contribution in [-0.4, -0.2) is 10.7 Å². The highest BCUT2D eigenvalue weighted by Crippen LogP contribution is 2.31. The summed E-state index contributed by atoms with van der Waals surface area (Å²) in [5.41, 5.74) is -0.347. The van der Waals surface area contributed by atoms with Crippen LogP contribution in [0.3, 0.4) is 0 Å². The predicted octanol–water partition coefficient (Wildman–Crippen LogP) is 3.12. The molecule has 1 heteroatoms. The van der Waals surface area contributed by atoms with Crippen LogP contribution in [0, 0.1) is 5.92 Å². The zero-order valence-electron chi connectivity index (χ0n) is 8.47. The first kappa shape index (κ1) is 10.0.